The molecule has 23 heavy (non-hydrogen) atoms. The molecule has 0 aromatic heterocycles. The van der Waals surface area contributed by atoms with Gasteiger partial charge in [0.25, 0.3) is 5.91 Å². The van der Waals surface area contributed by atoms with E-state index in [4.69, 9.17) is 9.47 Å². The summed E-state index contributed by atoms with van der Waals surface area (Å²) in [6.07, 6.45) is 0.895. The van der Waals surface area contributed by atoms with Gasteiger partial charge in [-0.2, -0.15) is 5.10 Å². The van der Waals surface area contributed by atoms with Crippen molar-refractivity contribution in [3.8, 4) is 11.5 Å². The summed E-state index contributed by atoms with van der Waals surface area (Å²) in [5.41, 5.74) is 1.79. The highest BCUT2D eigenvalue weighted by molar-refractivity contribution is 5.83. The highest BCUT2D eigenvalue weighted by Crippen LogP contribution is 2.25. The summed E-state index contributed by atoms with van der Waals surface area (Å²) in [6, 6.07) is 10.3. The summed E-state index contributed by atoms with van der Waals surface area (Å²) in [4.78, 5) is 11.6. The number of hydrogen-bond acceptors (Lipinski definition) is 4. The lowest BCUT2D eigenvalue weighted by Gasteiger charge is -2.09. The Morgan fingerprint density at radius 3 is 2.43 bits per heavy atom. The average Bonchev–Trinajstić information content (AvgIpc) is 2.56. The Hall–Kier alpha value is -2.96. The number of hydrazone groups is 1. The van der Waals surface area contributed by atoms with E-state index in [0.717, 1.165) is 18.3 Å². The van der Waals surface area contributed by atoms with Crippen molar-refractivity contribution in [1.82, 2.24) is 5.43 Å². The monoisotopic (exact) mass is 320 g/mol. The molecule has 0 aliphatic rings. The van der Waals surface area contributed by atoms with Crippen LogP contribution in [0.1, 0.15) is 5.56 Å². The number of halogens is 2. The summed E-state index contributed by atoms with van der Waals surface area (Å²) >= 11 is 0. The quantitative estimate of drug-likeness (QED) is 0.657. The van der Waals surface area contributed by atoms with Crippen molar-refractivity contribution in [3.63, 3.8) is 0 Å². The van der Waals surface area contributed by atoms with Crippen LogP contribution in [0.4, 0.5) is 8.78 Å². The summed E-state index contributed by atoms with van der Waals surface area (Å²) in [5, 5.41) is 3.50. The maximum absolute atomic E-state index is 13.3. The highest BCUT2D eigenvalue weighted by Gasteiger charge is 2.07. The fourth-order valence-electron chi connectivity index (χ4n) is 1.72. The molecule has 7 heteroatoms. The Kier molecular flexibility index (Phi) is 5.62. The van der Waals surface area contributed by atoms with E-state index < -0.39 is 17.5 Å². The number of nitrogens with zero attached hydrogens (tertiary/aromatic N) is 1. The van der Waals surface area contributed by atoms with Crippen LogP contribution in [-0.4, -0.2) is 25.8 Å². The Bertz CT molecular complexity index is 700. The van der Waals surface area contributed by atoms with Crippen molar-refractivity contribution in [2.45, 2.75) is 0 Å². The largest absolute Gasteiger partial charge is 0.493 e. The predicted octanol–water partition coefficient (Wildman–Crippen LogP) is 2.50. The first kappa shape index (κ1) is 16.4. The minimum absolute atomic E-state index is 0.322. The molecule has 0 aliphatic heterocycles. The molecule has 0 unspecified atom stereocenters. The molecule has 2 aromatic carbocycles. The molecule has 120 valence electrons. The van der Waals surface area contributed by atoms with Crippen LogP contribution < -0.4 is 14.9 Å². The lowest BCUT2D eigenvalue weighted by Crippen LogP contribution is -2.24. The van der Waals surface area contributed by atoms with Crippen molar-refractivity contribution < 1.29 is 23.0 Å². The average molecular weight is 320 g/mol. The molecular formula is C16H14F2N2O3. The Labute approximate surface area is 131 Å². The van der Waals surface area contributed by atoms with E-state index in [0.29, 0.717) is 11.5 Å². The van der Waals surface area contributed by atoms with Gasteiger partial charge in [0.2, 0.25) is 0 Å². The van der Waals surface area contributed by atoms with Gasteiger partial charge in [0.15, 0.2) is 18.1 Å². The Balaban J connectivity index is 1.89. The van der Waals surface area contributed by atoms with Gasteiger partial charge < -0.3 is 9.47 Å². The summed E-state index contributed by atoms with van der Waals surface area (Å²) in [7, 11) is 1.48. The van der Waals surface area contributed by atoms with E-state index in [-0.39, 0.29) is 12.2 Å². The first-order valence-electron chi connectivity index (χ1n) is 6.63. The second-order valence-corrected chi connectivity index (χ2v) is 4.37. The molecule has 2 rings (SSSR count). The van der Waals surface area contributed by atoms with Crippen LogP contribution >= 0.6 is 0 Å². The van der Waals surface area contributed by atoms with E-state index in [1.54, 1.807) is 24.3 Å². The molecule has 0 fully saturated rings. The molecule has 0 aliphatic carbocycles. The molecule has 5 nitrogen and oxygen atoms in total. The van der Waals surface area contributed by atoms with Crippen LogP contribution in [0.15, 0.2) is 47.6 Å². The number of methoxy groups -OCH3 is 1. The Morgan fingerprint density at radius 1 is 1.13 bits per heavy atom. The second-order valence-electron chi connectivity index (χ2n) is 4.37. The molecule has 0 saturated carbocycles. The second kappa shape index (κ2) is 7.88. The number of hydrogen-bond donors (Lipinski definition) is 1. The van der Waals surface area contributed by atoms with Gasteiger partial charge in [0.1, 0.15) is 11.6 Å². The lowest BCUT2D eigenvalue weighted by atomic mass is 10.2. The molecule has 0 heterocycles. The number of ether oxygens (including phenoxy) is 2. The van der Waals surface area contributed by atoms with Crippen molar-refractivity contribution in [2.24, 2.45) is 5.10 Å². The van der Waals surface area contributed by atoms with Crippen molar-refractivity contribution in [2.75, 3.05) is 13.7 Å². The maximum Gasteiger partial charge on any atom is 0.277 e. The van der Waals surface area contributed by atoms with Crippen LogP contribution in [0.25, 0.3) is 0 Å². The van der Waals surface area contributed by atoms with Crippen LogP contribution in [0, 0.1) is 11.6 Å². The number of nitrogens with one attached hydrogen (secondary N) is 1. The van der Waals surface area contributed by atoms with Gasteiger partial charge in [-0.1, -0.05) is 18.2 Å². The van der Waals surface area contributed by atoms with E-state index in [9.17, 15) is 13.6 Å². The molecule has 1 amide bonds. The number of amides is 1. The van der Waals surface area contributed by atoms with Crippen LogP contribution in [0.3, 0.4) is 0 Å². The lowest BCUT2D eigenvalue weighted by molar-refractivity contribution is -0.123. The minimum Gasteiger partial charge on any atom is -0.493 e. The van der Waals surface area contributed by atoms with Gasteiger partial charge in [-0.05, 0) is 24.3 Å². The third-order valence-corrected chi connectivity index (χ3v) is 2.81. The smallest absolute Gasteiger partial charge is 0.277 e. The number of carbonyl (C=O) groups is 1. The summed E-state index contributed by atoms with van der Waals surface area (Å²) in [6.45, 7) is -0.322. The van der Waals surface area contributed by atoms with Crippen LogP contribution in [0.5, 0.6) is 11.5 Å². The van der Waals surface area contributed by atoms with E-state index in [1.165, 1.54) is 13.2 Å². The van der Waals surface area contributed by atoms with E-state index in [2.05, 4.69) is 10.5 Å². The summed E-state index contributed by atoms with van der Waals surface area (Å²) in [5.74, 6) is -1.24. The molecule has 2 aromatic rings. The standard InChI is InChI=1S/C16H14F2N2O3/c1-22-14-7-2-3-8-15(14)23-10-16(21)20-19-9-11-12(17)5-4-6-13(11)18/h2-9H,10H2,1H3,(H,20,21)/b19-9-. The zero-order chi connectivity index (χ0) is 16.7. The third kappa shape index (κ3) is 4.50. The van der Waals surface area contributed by atoms with Crippen LogP contribution in [0.2, 0.25) is 0 Å². The maximum atomic E-state index is 13.3. The normalized spacial score (nSPS) is 10.6. The van der Waals surface area contributed by atoms with Gasteiger partial charge in [0.05, 0.1) is 18.9 Å². The molecule has 0 bridgehead atoms. The zero-order valence-corrected chi connectivity index (χ0v) is 12.3. The van der Waals surface area contributed by atoms with Gasteiger partial charge in [-0.25, -0.2) is 14.2 Å². The van der Waals surface area contributed by atoms with Gasteiger partial charge in [-0.15, -0.1) is 0 Å². The SMILES string of the molecule is COc1ccccc1OCC(=O)N/N=C\c1c(F)cccc1F. The number of carbonyl (C=O) groups excluding carboxylic acids is 1. The van der Waals surface area contributed by atoms with Crippen molar-refractivity contribution in [3.05, 3.63) is 59.7 Å². The Morgan fingerprint density at radius 2 is 1.78 bits per heavy atom. The summed E-state index contributed by atoms with van der Waals surface area (Å²) < 4.78 is 37.0. The van der Waals surface area contributed by atoms with Crippen LogP contribution in [-0.2, 0) is 4.79 Å². The minimum atomic E-state index is -0.770. The molecule has 0 atom stereocenters. The first-order valence-corrected chi connectivity index (χ1v) is 6.63. The van der Waals surface area contributed by atoms with E-state index in [1.807, 2.05) is 0 Å². The number of rotatable bonds is 6. The molecule has 0 spiro atoms. The van der Waals surface area contributed by atoms with Crippen molar-refractivity contribution in [1.29, 1.82) is 0 Å². The van der Waals surface area contributed by atoms with Gasteiger partial charge in [0, 0.05) is 0 Å². The predicted molar refractivity (Wildman–Crippen MR) is 80.6 cm³/mol. The molecule has 1 N–H and O–H groups in total. The topological polar surface area (TPSA) is 59.9 Å². The van der Waals surface area contributed by atoms with Crippen molar-refractivity contribution >= 4 is 12.1 Å². The van der Waals surface area contributed by atoms with Gasteiger partial charge >= 0.3 is 0 Å². The fraction of sp³-hybridized carbons (Fsp3) is 0.125. The molecule has 0 saturated heterocycles. The van der Waals surface area contributed by atoms with Gasteiger partial charge in [-0.3, -0.25) is 4.79 Å². The molecule has 0 radical (unpaired) electrons. The fourth-order valence-corrected chi connectivity index (χ4v) is 1.72. The number of para-hydroxylation sites is 2. The zero-order valence-electron chi connectivity index (χ0n) is 12.3. The number of benzene rings is 2. The molecular weight excluding hydrogens is 306 g/mol. The first-order chi connectivity index (χ1) is 11.1. The van der Waals surface area contributed by atoms with E-state index >= 15 is 0 Å². The third-order valence-electron chi connectivity index (χ3n) is 2.81. The highest BCUT2D eigenvalue weighted by atomic mass is 19.1.